The molecule has 16 heavy (non-hydrogen) atoms. The summed E-state index contributed by atoms with van der Waals surface area (Å²) < 4.78 is 24.0. The fraction of sp³-hybridized carbons (Fsp3) is 0.455. The molecule has 0 bridgehead atoms. The van der Waals surface area contributed by atoms with Crippen molar-refractivity contribution in [3.8, 4) is 0 Å². The number of rotatable bonds is 5. The van der Waals surface area contributed by atoms with Crippen LogP contribution in [0.1, 0.15) is 12.0 Å². The van der Waals surface area contributed by atoms with Gasteiger partial charge in [-0.3, -0.25) is 4.31 Å². The first-order valence-electron chi connectivity index (χ1n) is 5.18. The van der Waals surface area contributed by atoms with Gasteiger partial charge in [-0.1, -0.05) is 12.1 Å². The normalized spacial score (nSPS) is 11.4. The van der Waals surface area contributed by atoms with Crippen molar-refractivity contribution >= 4 is 15.7 Å². The van der Waals surface area contributed by atoms with Gasteiger partial charge in [-0.05, 0) is 37.1 Å². The Bertz CT molecular complexity index is 443. The lowest BCUT2D eigenvalue weighted by atomic mass is 10.1. The highest BCUT2D eigenvalue weighted by Gasteiger charge is 2.11. The van der Waals surface area contributed by atoms with Gasteiger partial charge in [-0.25, -0.2) is 8.42 Å². The van der Waals surface area contributed by atoms with E-state index in [1.165, 1.54) is 10.6 Å². The van der Waals surface area contributed by atoms with Crippen LogP contribution >= 0.6 is 0 Å². The topological polar surface area (TPSA) is 63.4 Å². The highest BCUT2D eigenvalue weighted by molar-refractivity contribution is 7.92. The van der Waals surface area contributed by atoms with Gasteiger partial charge in [0.05, 0.1) is 11.9 Å². The van der Waals surface area contributed by atoms with E-state index >= 15 is 0 Å². The molecular weight excluding hydrogens is 224 g/mol. The molecule has 0 aliphatic rings. The van der Waals surface area contributed by atoms with Crippen molar-refractivity contribution in [1.29, 1.82) is 0 Å². The number of hydrogen-bond acceptors (Lipinski definition) is 3. The van der Waals surface area contributed by atoms with Crippen molar-refractivity contribution in [1.82, 2.24) is 0 Å². The van der Waals surface area contributed by atoms with E-state index in [1.807, 2.05) is 18.2 Å². The zero-order valence-electron chi connectivity index (χ0n) is 9.68. The van der Waals surface area contributed by atoms with E-state index in [9.17, 15) is 8.42 Å². The summed E-state index contributed by atoms with van der Waals surface area (Å²) in [5, 5.41) is 0. The molecule has 0 aliphatic carbocycles. The molecule has 0 unspecified atom stereocenters. The van der Waals surface area contributed by atoms with E-state index in [2.05, 4.69) is 0 Å². The van der Waals surface area contributed by atoms with Crippen molar-refractivity contribution in [2.24, 2.45) is 5.73 Å². The summed E-state index contributed by atoms with van der Waals surface area (Å²) in [6, 6.07) is 7.52. The summed E-state index contributed by atoms with van der Waals surface area (Å²) in [4.78, 5) is 0. The lowest BCUT2D eigenvalue weighted by molar-refractivity contribution is 0.600. The van der Waals surface area contributed by atoms with E-state index in [0.717, 1.165) is 18.4 Å². The van der Waals surface area contributed by atoms with E-state index < -0.39 is 10.0 Å². The third kappa shape index (κ3) is 3.50. The predicted molar refractivity (Wildman–Crippen MR) is 67.1 cm³/mol. The second-order valence-electron chi connectivity index (χ2n) is 3.79. The Morgan fingerprint density at radius 2 is 2.06 bits per heavy atom. The molecule has 90 valence electrons. The van der Waals surface area contributed by atoms with Gasteiger partial charge in [-0.15, -0.1) is 0 Å². The molecule has 0 spiro atoms. The number of hydrogen-bond donors (Lipinski definition) is 1. The Kier molecular flexibility index (Phi) is 4.32. The molecule has 0 atom stereocenters. The summed E-state index contributed by atoms with van der Waals surface area (Å²) in [5.74, 6) is 0. The van der Waals surface area contributed by atoms with Crippen molar-refractivity contribution in [2.45, 2.75) is 12.8 Å². The van der Waals surface area contributed by atoms with Gasteiger partial charge >= 0.3 is 0 Å². The van der Waals surface area contributed by atoms with Crippen molar-refractivity contribution in [2.75, 3.05) is 24.2 Å². The minimum absolute atomic E-state index is 0.645. The second-order valence-corrected chi connectivity index (χ2v) is 5.81. The van der Waals surface area contributed by atoms with Crippen LogP contribution in [0.5, 0.6) is 0 Å². The summed E-state index contributed by atoms with van der Waals surface area (Å²) in [6.07, 6.45) is 2.98. The predicted octanol–water partition coefficient (Wildman–Crippen LogP) is 0.974. The summed E-state index contributed by atoms with van der Waals surface area (Å²) in [7, 11) is -1.63. The molecule has 0 aromatic heterocycles. The third-order valence-electron chi connectivity index (χ3n) is 2.44. The van der Waals surface area contributed by atoms with Gasteiger partial charge in [0.25, 0.3) is 0 Å². The van der Waals surface area contributed by atoms with E-state index in [1.54, 1.807) is 13.1 Å². The maximum absolute atomic E-state index is 11.4. The quantitative estimate of drug-likeness (QED) is 0.837. The van der Waals surface area contributed by atoms with Crippen LogP contribution in [0.2, 0.25) is 0 Å². The highest BCUT2D eigenvalue weighted by Crippen LogP contribution is 2.17. The van der Waals surface area contributed by atoms with Crippen molar-refractivity contribution < 1.29 is 8.42 Å². The Labute approximate surface area is 97.1 Å². The Morgan fingerprint density at radius 1 is 1.38 bits per heavy atom. The molecule has 0 radical (unpaired) electrons. The zero-order valence-corrected chi connectivity index (χ0v) is 10.5. The monoisotopic (exact) mass is 242 g/mol. The lowest BCUT2D eigenvalue weighted by Crippen LogP contribution is -2.24. The molecule has 1 aromatic rings. The third-order valence-corrected chi connectivity index (χ3v) is 3.65. The molecule has 0 amide bonds. The lowest BCUT2D eigenvalue weighted by Gasteiger charge is -2.17. The maximum Gasteiger partial charge on any atom is 0.231 e. The van der Waals surface area contributed by atoms with Gasteiger partial charge < -0.3 is 5.73 Å². The Balaban J connectivity index is 2.90. The zero-order chi connectivity index (χ0) is 12.2. The molecule has 4 nitrogen and oxygen atoms in total. The van der Waals surface area contributed by atoms with Crippen molar-refractivity contribution in [3.05, 3.63) is 29.8 Å². The fourth-order valence-corrected chi connectivity index (χ4v) is 1.90. The Morgan fingerprint density at radius 3 is 2.62 bits per heavy atom. The van der Waals surface area contributed by atoms with Crippen LogP contribution in [0.15, 0.2) is 24.3 Å². The van der Waals surface area contributed by atoms with Crippen LogP contribution in [0.4, 0.5) is 5.69 Å². The van der Waals surface area contributed by atoms with Crippen LogP contribution in [-0.2, 0) is 16.4 Å². The standard InChI is InChI=1S/C11H18N2O2S/c1-13(16(2,14)15)11-7-3-5-10(9-11)6-4-8-12/h3,5,7,9H,4,6,8,12H2,1-2H3. The number of nitrogens with zero attached hydrogens (tertiary/aromatic N) is 1. The van der Waals surface area contributed by atoms with Crippen LogP contribution in [0, 0.1) is 0 Å². The smallest absolute Gasteiger partial charge is 0.231 e. The molecule has 0 heterocycles. The molecule has 0 aliphatic heterocycles. The molecule has 1 rings (SSSR count). The summed E-state index contributed by atoms with van der Waals surface area (Å²) >= 11 is 0. The molecule has 1 aromatic carbocycles. The minimum Gasteiger partial charge on any atom is -0.330 e. The molecule has 0 saturated heterocycles. The molecule has 0 saturated carbocycles. The SMILES string of the molecule is CN(c1cccc(CCCN)c1)S(C)(=O)=O. The average molecular weight is 242 g/mol. The second kappa shape index (κ2) is 5.32. The molecular formula is C11H18N2O2S. The number of anilines is 1. The van der Waals surface area contributed by atoms with Gasteiger partial charge in [0, 0.05) is 7.05 Å². The molecule has 0 fully saturated rings. The highest BCUT2D eigenvalue weighted by atomic mass is 32.2. The van der Waals surface area contributed by atoms with Gasteiger partial charge in [0.15, 0.2) is 0 Å². The Hall–Kier alpha value is -1.07. The molecule has 5 heteroatoms. The van der Waals surface area contributed by atoms with Gasteiger partial charge in [0.1, 0.15) is 0 Å². The fourth-order valence-electron chi connectivity index (χ4n) is 1.41. The number of nitrogens with two attached hydrogens (primary N) is 1. The summed E-state index contributed by atoms with van der Waals surface area (Å²) in [6.45, 7) is 0.645. The van der Waals surface area contributed by atoms with Crippen LogP contribution in [0.25, 0.3) is 0 Å². The summed E-state index contributed by atoms with van der Waals surface area (Å²) in [5.41, 5.74) is 7.24. The van der Waals surface area contributed by atoms with Crippen molar-refractivity contribution in [3.63, 3.8) is 0 Å². The van der Waals surface area contributed by atoms with Gasteiger partial charge in [0.2, 0.25) is 10.0 Å². The van der Waals surface area contributed by atoms with Gasteiger partial charge in [-0.2, -0.15) is 0 Å². The first-order chi connectivity index (χ1) is 7.45. The van der Waals surface area contributed by atoms with Crippen LogP contribution in [0.3, 0.4) is 0 Å². The number of aryl methyl sites for hydroxylation is 1. The average Bonchev–Trinajstić information content (AvgIpc) is 2.24. The maximum atomic E-state index is 11.4. The van der Waals surface area contributed by atoms with E-state index in [0.29, 0.717) is 12.2 Å². The van der Waals surface area contributed by atoms with Crippen LogP contribution in [-0.4, -0.2) is 28.3 Å². The molecule has 2 N–H and O–H groups in total. The number of benzene rings is 1. The van der Waals surface area contributed by atoms with E-state index in [4.69, 9.17) is 5.73 Å². The first kappa shape index (κ1) is 13.0. The largest absolute Gasteiger partial charge is 0.330 e. The number of sulfonamides is 1. The minimum atomic E-state index is -3.18. The van der Waals surface area contributed by atoms with Crippen LogP contribution < -0.4 is 10.0 Å². The first-order valence-corrected chi connectivity index (χ1v) is 7.03. The van der Waals surface area contributed by atoms with E-state index in [-0.39, 0.29) is 0 Å².